The lowest BCUT2D eigenvalue weighted by molar-refractivity contribution is 0.378. The van der Waals surface area contributed by atoms with E-state index in [1.165, 1.54) is 7.11 Å². The van der Waals surface area contributed by atoms with Gasteiger partial charge in [0.05, 0.1) is 7.11 Å². The van der Waals surface area contributed by atoms with Gasteiger partial charge in [0.25, 0.3) is 0 Å². The monoisotopic (exact) mass is 227 g/mol. The van der Waals surface area contributed by atoms with Crippen LogP contribution in [0.25, 0.3) is 0 Å². The molecular formula is C14H11O3. The third kappa shape index (κ3) is 2.64. The first kappa shape index (κ1) is 11.2. The van der Waals surface area contributed by atoms with Gasteiger partial charge in [-0.15, -0.1) is 0 Å². The van der Waals surface area contributed by atoms with Crippen molar-refractivity contribution in [3.05, 3.63) is 54.1 Å². The predicted molar refractivity (Wildman–Crippen MR) is 64.3 cm³/mol. The summed E-state index contributed by atoms with van der Waals surface area (Å²) >= 11 is 0. The van der Waals surface area contributed by atoms with Crippen LogP contribution in [-0.2, 0) is 4.79 Å². The molecule has 2 rings (SSSR count). The van der Waals surface area contributed by atoms with Crippen LogP contribution < -0.4 is 9.47 Å². The Balaban J connectivity index is 2.29. The minimum atomic E-state index is 0.433. The van der Waals surface area contributed by atoms with Crippen LogP contribution in [0.4, 0.5) is 0 Å². The largest absolute Gasteiger partial charge is 0.493 e. The second-order valence-corrected chi connectivity index (χ2v) is 3.38. The van der Waals surface area contributed by atoms with E-state index in [0.717, 1.165) is 0 Å². The van der Waals surface area contributed by atoms with E-state index in [-0.39, 0.29) is 0 Å². The molecule has 3 heteroatoms. The van der Waals surface area contributed by atoms with Gasteiger partial charge in [-0.3, -0.25) is 4.79 Å². The first-order valence-corrected chi connectivity index (χ1v) is 5.12. The molecule has 0 heterocycles. The fourth-order valence-corrected chi connectivity index (χ4v) is 1.43. The van der Waals surface area contributed by atoms with Gasteiger partial charge in [0, 0.05) is 5.56 Å². The van der Waals surface area contributed by atoms with Gasteiger partial charge >= 0.3 is 0 Å². The van der Waals surface area contributed by atoms with Gasteiger partial charge in [0.1, 0.15) is 5.75 Å². The SMILES string of the molecule is COc1cc([C]=O)ccc1Oc1ccccc1. The number of ether oxygens (including phenoxy) is 2. The van der Waals surface area contributed by atoms with Crippen molar-refractivity contribution in [1.82, 2.24) is 0 Å². The second kappa shape index (κ2) is 5.16. The summed E-state index contributed by atoms with van der Waals surface area (Å²) in [6.07, 6.45) is 1.81. The minimum absolute atomic E-state index is 0.433. The molecule has 85 valence electrons. The third-order valence-corrected chi connectivity index (χ3v) is 2.25. The molecule has 0 spiro atoms. The van der Waals surface area contributed by atoms with Gasteiger partial charge in [0.2, 0.25) is 6.29 Å². The van der Waals surface area contributed by atoms with Gasteiger partial charge in [-0.1, -0.05) is 18.2 Å². The summed E-state index contributed by atoms with van der Waals surface area (Å²) in [7, 11) is 1.53. The van der Waals surface area contributed by atoms with Crippen LogP contribution >= 0.6 is 0 Å². The third-order valence-electron chi connectivity index (χ3n) is 2.25. The average Bonchev–Trinajstić information content (AvgIpc) is 2.40. The van der Waals surface area contributed by atoms with Crippen LogP contribution in [0, 0.1) is 0 Å². The zero-order valence-electron chi connectivity index (χ0n) is 9.34. The summed E-state index contributed by atoms with van der Waals surface area (Å²) in [5.74, 6) is 1.79. The molecule has 0 N–H and O–H groups in total. The zero-order valence-corrected chi connectivity index (χ0v) is 9.34. The number of carbonyl (C=O) groups excluding carboxylic acids is 1. The lowest BCUT2D eigenvalue weighted by Gasteiger charge is -2.10. The van der Waals surface area contributed by atoms with Crippen molar-refractivity contribution in [2.45, 2.75) is 0 Å². The Hall–Kier alpha value is -2.29. The first-order valence-electron chi connectivity index (χ1n) is 5.12. The normalized spacial score (nSPS) is 9.71. The van der Waals surface area contributed by atoms with E-state index in [1.807, 2.05) is 36.6 Å². The number of methoxy groups -OCH3 is 1. The van der Waals surface area contributed by atoms with Crippen molar-refractivity contribution in [3.63, 3.8) is 0 Å². The molecular weight excluding hydrogens is 216 g/mol. The Morgan fingerprint density at radius 3 is 2.41 bits per heavy atom. The smallest absolute Gasteiger partial charge is 0.233 e. The number of hydrogen-bond acceptors (Lipinski definition) is 3. The maximum absolute atomic E-state index is 10.5. The lowest BCUT2D eigenvalue weighted by Crippen LogP contribution is -1.92. The number of benzene rings is 2. The molecule has 17 heavy (non-hydrogen) atoms. The number of para-hydroxylation sites is 1. The van der Waals surface area contributed by atoms with E-state index in [9.17, 15) is 4.79 Å². The van der Waals surface area contributed by atoms with Crippen molar-refractivity contribution in [2.75, 3.05) is 7.11 Å². The van der Waals surface area contributed by atoms with Crippen molar-refractivity contribution in [2.24, 2.45) is 0 Å². The van der Waals surface area contributed by atoms with Crippen LogP contribution in [0.15, 0.2) is 48.5 Å². The van der Waals surface area contributed by atoms with E-state index >= 15 is 0 Å². The second-order valence-electron chi connectivity index (χ2n) is 3.38. The fourth-order valence-electron chi connectivity index (χ4n) is 1.43. The molecule has 0 saturated carbocycles. The summed E-state index contributed by atoms with van der Waals surface area (Å²) in [6, 6.07) is 14.3. The van der Waals surface area contributed by atoms with Crippen LogP contribution in [0.5, 0.6) is 17.2 Å². The zero-order chi connectivity index (χ0) is 12.1. The maximum Gasteiger partial charge on any atom is 0.233 e. The van der Waals surface area contributed by atoms with Gasteiger partial charge in [-0.2, -0.15) is 0 Å². The average molecular weight is 227 g/mol. The highest BCUT2D eigenvalue weighted by Crippen LogP contribution is 2.31. The number of hydrogen-bond donors (Lipinski definition) is 0. The molecule has 0 aliphatic heterocycles. The topological polar surface area (TPSA) is 35.5 Å². The van der Waals surface area contributed by atoms with Crippen molar-refractivity contribution in [3.8, 4) is 17.2 Å². The minimum Gasteiger partial charge on any atom is -0.493 e. The van der Waals surface area contributed by atoms with Crippen LogP contribution in [0.1, 0.15) is 5.56 Å². The highest BCUT2D eigenvalue weighted by atomic mass is 16.5. The number of rotatable bonds is 4. The molecule has 0 unspecified atom stereocenters. The van der Waals surface area contributed by atoms with E-state index < -0.39 is 0 Å². The molecule has 3 nitrogen and oxygen atoms in total. The van der Waals surface area contributed by atoms with Gasteiger partial charge < -0.3 is 9.47 Å². The van der Waals surface area contributed by atoms with Crippen LogP contribution in [-0.4, -0.2) is 13.4 Å². The summed E-state index contributed by atoms with van der Waals surface area (Å²) in [5.41, 5.74) is 0.433. The Kier molecular flexibility index (Phi) is 3.40. The Morgan fingerprint density at radius 2 is 1.76 bits per heavy atom. The molecule has 0 saturated heterocycles. The molecule has 0 atom stereocenters. The van der Waals surface area contributed by atoms with E-state index in [2.05, 4.69) is 0 Å². The molecule has 0 bridgehead atoms. The Bertz CT molecular complexity index is 506. The summed E-state index contributed by atoms with van der Waals surface area (Å²) in [6.45, 7) is 0. The fraction of sp³-hybridized carbons (Fsp3) is 0.0714. The van der Waals surface area contributed by atoms with Crippen molar-refractivity contribution in [1.29, 1.82) is 0 Å². The van der Waals surface area contributed by atoms with Crippen LogP contribution in [0.2, 0.25) is 0 Å². The molecule has 0 aromatic heterocycles. The molecule has 2 aromatic carbocycles. The van der Waals surface area contributed by atoms with Gasteiger partial charge in [0.15, 0.2) is 11.5 Å². The molecule has 0 fully saturated rings. The van der Waals surface area contributed by atoms with Crippen molar-refractivity contribution >= 4 is 6.29 Å². The quantitative estimate of drug-likeness (QED) is 0.805. The Labute approximate surface area is 99.6 Å². The van der Waals surface area contributed by atoms with Crippen LogP contribution in [0.3, 0.4) is 0 Å². The summed E-state index contributed by atoms with van der Waals surface area (Å²) in [5, 5.41) is 0. The summed E-state index contributed by atoms with van der Waals surface area (Å²) in [4.78, 5) is 10.5. The van der Waals surface area contributed by atoms with E-state index in [0.29, 0.717) is 22.8 Å². The Morgan fingerprint density at radius 1 is 1.00 bits per heavy atom. The van der Waals surface area contributed by atoms with Gasteiger partial charge in [-0.05, 0) is 30.3 Å². The molecule has 0 amide bonds. The predicted octanol–water partition coefficient (Wildman–Crippen LogP) is 2.95. The van der Waals surface area contributed by atoms with E-state index in [1.54, 1.807) is 18.2 Å². The summed E-state index contributed by atoms with van der Waals surface area (Å²) < 4.78 is 10.8. The first-order chi connectivity index (χ1) is 8.33. The lowest BCUT2D eigenvalue weighted by atomic mass is 10.2. The molecule has 2 aromatic rings. The highest BCUT2D eigenvalue weighted by Gasteiger charge is 2.06. The standard InChI is InChI=1S/C14H11O3/c1-16-14-9-11(10-15)7-8-13(14)17-12-5-3-2-4-6-12/h2-9H,1H3. The highest BCUT2D eigenvalue weighted by molar-refractivity contribution is 5.76. The van der Waals surface area contributed by atoms with Crippen molar-refractivity contribution < 1.29 is 14.3 Å². The molecule has 0 aliphatic carbocycles. The van der Waals surface area contributed by atoms with Gasteiger partial charge in [-0.25, -0.2) is 0 Å². The molecule has 1 radical (unpaired) electrons. The maximum atomic E-state index is 10.5. The molecule has 0 aliphatic rings. The van der Waals surface area contributed by atoms with E-state index in [4.69, 9.17) is 9.47 Å².